The van der Waals surface area contributed by atoms with Crippen LogP contribution in [0.2, 0.25) is 0 Å². The number of allylic oxidation sites excluding steroid dienone is 1. The molecule has 0 saturated carbocycles. The summed E-state index contributed by atoms with van der Waals surface area (Å²) in [5, 5.41) is 11.2. The Balaban J connectivity index is 2.02. The molecule has 47 heavy (non-hydrogen) atoms. The largest absolute Gasteiger partial charge is 0.473 e. The van der Waals surface area contributed by atoms with E-state index in [-0.39, 0.29) is 45.3 Å². The molecule has 15 nitrogen and oxygen atoms in total. The number of urea groups is 1. The van der Waals surface area contributed by atoms with E-state index in [1.807, 2.05) is 0 Å². The van der Waals surface area contributed by atoms with Gasteiger partial charge in [-0.25, -0.2) is 19.2 Å². The predicted molar refractivity (Wildman–Crippen MR) is 176 cm³/mol. The monoisotopic (exact) mass is 673 g/mol. The second-order valence-corrected chi connectivity index (χ2v) is 11.3. The molecular weight excluding hydrogens is 614 g/mol. The van der Waals surface area contributed by atoms with Crippen LogP contribution in [0, 0.1) is 0 Å². The molecule has 15 heteroatoms. The molecule has 4 N–H and O–H groups in total. The van der Waals surface area contributed by atoms with E-state index in [1.54, 1.807) is 18.9 Å². The highest BCUT2D eigenvalue weighted by atomic mass is 16.7. The van der Waals surface area contributed by atoms with Gasteiger partial charge in [0, 0.05) is 39.8 Å². The number of nitrogens with zero attached hydrogens (tertiary/aromatic N) is 1. The number of alkyl carbamates (subject to hydrolysis) is 3. The van der Waals surface area contributed by atoms with E-state index in [1.165, 1.54) is 0 Å². The van der Waals surface area contributed by atoms with Gasteiger partial charge in [0.1, 0.15) is 19.8 Å². The molecule has 0 spiro atoms. The van der Waals surface area contributed by atoms with Crippen molar-refractivity contribution in [2.45, 2.75) is 90.0 Å². The fraction of sp³-hybridized carbons (Fsp3) is 0.812. The van der Waals surface area contributed by atoms with E-state index in [0.717, 1.165) is 77.0 Å². The van der Waals surface area contributed by atoms with Crippen molar-refractivity contribution < 1.29 is 47.6 Å². The highest BCUT2D eigenvalue weighted by molar-refractivity contribution is 5.74. The van der Waals surface area contributed by atoms with Crippen molar-refractivity contribution in [3.8, 4) is 0 Å². The van der Waals surface area contributed by atoms with Gasteiger partial charge in [-0.1, -0.05) is 38.7 Å². The second kappa shape index (κ2) is 28.7. The minimum atomic E-state index is -0.470. The number of methoxy groups -OCH3 is 1. The number of piperidine rings is 1. The molecule has 1 aliphatic rings. The van der Waals surface area contributed by atoms with Gasteiger partial charge >= 0.3 is 24.3 Å². The van der Waals surface area contributed by atoms with Crippen LogP contribution in [0.3, 0.4) is 0 Å². The number of carbonyl (C=O) groups excluding carboxylic acids is 4. The normalized spacial score (nSPS) is 14.1. The first-order chi connectivity index (χ1) is 22.8. The van der Waals surface area contributed by atoms with E-state index < -0.39 is 18.3 Å². The van der Waals surface area contributed by atoms with Crippen LogP contribution in [-0.4, -0.2) is 115 Å². The molecule has 0 aromatic heterocycles. The first-order valence-corrected chi connectivity index (χ1v) is 16.9. The lowest BCUT2D eigenvalue weighted by atomic mass is 10.0. The van der Waals surface area contributed by atoms with Gasteiger partial charge in [0.25, 0.3) is 0 Å². The summed E-state index contributed by atoms with van der Waals surface area (Å²) in [4.78, 5) is 49.9. The maximum Gasteiger partial charge on any atom is 0.407 e. The fourth-order valence-corrected chi connectivity index (χ4v) is 4.63. The number of ether oxygens (including phenoxy) is 6. The maximum atomic E-state index is 12.8. The second-order valence-electron chi connectivity index (χ2n) is 11.3. The van der Waals surface area contributed by atoms with Crippen molar-refractivity contribution in [1.82, 2.24) is 26.2 Å². The van der Waals surface area contributed by atoms with Crippen molar-refractivity contribution in [3.63, 3.8) is 0 Å². The van der Waals surface area contributed by atoms with Crippen LogP contribution in [0.15, 0.2) is 12.3 Å². The van der Waals surface area contributed by atoms with Crippen LogP contribution in [0.5, 0.6) is 0 Å². The topological polar surface area (TPSA) is 175 Å². The minimum Gasteiger partial charge on any atom is -0.473 e. The molecule has 5 amide bonds. The van der Waals surface area contributed by atoms with Gasteiger partial charge in [0.15, 0.2) is 6.79 Å². The van der Waals surface area contributed by atoms with Crippen molar-refractivity contribution in [2.75, 3.05) is 79.7 Å². The lowest BCUT2D eigenvalue weighted by molar-refractivity contribution is -0.0356. The number of hydrogen-bond donors (Lipinski definition) is 4. The number of amides is 5. The van der Waals surface area contributed by atoms with Gasteiger partial charge < -0.3 is 54.6 Å². The van der Waals surface area contributed by atoms with Crippen molar-refractivity contribution >= 4 is 24.3 Å². The Bertz CT molecular complexity index is 879. The van der Waals surface area contributed by atoms with Gasteiger partial charge in [-0.05, 0) is 51.9 Å². The molecule has 272 valence electrons. The Labute approximate surface area is 280 Å². The molecule has 1 unspecified atom stereocenters. The Hall–Kier alpha value is -3.46. The van der Waals surface area contributed by atoms with Crippen LogP contribution in [0.1, 0.15) is 84.0 Å². The molecule has 1 rings (SSSR count). The SMILES string of the molecule is C=C(C)OCOCCOC(=O)NCCCCCCCNC(=O)OCC1CCCCN1C(=O)NCCCCCCNC(=O)OCCOC. The predicted octanol–water partition coefficient (Wildman–Crippen LogP) is 4.41. The molecule has 1 aliphatic heterocycles. The fourth-order valence-electron chi connectivity index (χ4n) is 4.63. The van der Waals surface area contributed by atoms with Crippen LogP contribution >= 0.6 is 0 Å². The first-order valence-electron chi connectivity index (χ1n) is 16.9. The quantitative estimate of drug-likeness (QED) is 0.0446. The van der Waals surface area contributed by atoms with Crippen LogP contribution in [-0.2, 0) is 28.4 Å². The minimum absolute atomic E-state index is 0.0822. The lowest BCUT2D eigenvalue weighted by Gasteiger charge is -2.35. The third-order valence-electron chi connectivity index (χ3n) is 7.21. The number of likely N-dealkylation sites (tertiary alicyclic amines) is 1. The summed E-state index contributed by atoms with van der Waals surface area (Å²) in [5.74, 6) is 0.562. The number of unbranched alkanes of at least 4 members (excludes halogenated alkanes) is 7. The zero-order valence-corrected chi connectivity index (χ0v) is 28.6. The Morgan fingerprint density at radius 2 is 1.17 bits per heavy atom. The molecule has 0 aromatic rings. The number of carbonyl (C=O) groups is 4. The highest BCUT2D eigenvalue weighted by Gasteiger charge is 2.27. The molecule has 0 radical (unpaired) electrons. The summed E-state index contributed by atoms with van der Waals surface area (Å²) in [6.07, 6.45) is 9.46. The Kier molecular flexibility index (Phi) is 25.4. The highest BCUT2D eigenvalue weighted by Crippen LogP contribution is 2.17. The summed E-state index contributed by atoms with van der Waals surface area (Å²) >= 11 is 0. The third-order valence-corrected chi connectivity index (χ3v) is 7.21. The lowest BCUT2D eigenvalue weighted by Crippen LogP contribution is -2.51. The molecule has 1 atom stereocenters. The van der Waals surface area contributed by atoms with E-state index in [0.29, 0.717) is 45.1 Å². The van der Waals surface area contributed by atoms with Crippen LogP contribution < -0.4 is 21.3 Å². The Morgan fingerprint density at radius 3 is 1.72 bits per heavy atom. The van der Waals surface area contributed by atoms with Gasteiger partial charge in [0.05, 0.1) is 25.0 Å². The first kappa shape index (κ1) is 41.6. The molecular formula is C32H59N5O10. The van der Waals surface area contributed by atoms with Crippen LogP contribution in [0.4, 0.5) is 19.2 Å². The van der Waals surface area contributed by atoms with E-state index >= 15 is 0 Å². The van der Waals surface area contributed by atoms with Crippen molar-refractivity contribution in [2.24, 2.45) is 0 Å². The number of rotatable bonds is 26. The van der Waals surface area contributed by atoms with Crippen molar-refractivity contribution in [1.29, 1.82) is 0 Å². The van der Waals surface area contributed by atoms with E-state index in [4.69, 9.17) is 28.4 Å². The molecule has 0 aromatic carbocycles. The molecule has 1 heterocycles. The van der Waals surface area contributed by atoms with Crippen LogP contribution in [0.25, 0.3) is 0 Å². The zero-order chi connectivity index (χ0) is 34.4. The summed E-state index contributed by atoms with van der Waals surface area (Å²) in [7, 11) is 1.55. The number of nitrogens with one attached hydrogen (secondary N) is 4. The molecule has 0 aliphatic carbocycles. The van der Waals surface area contributed by atoms with E-state index in [9.17, 15) is 19.2 Å². The van der Waals surface area contributed by atoms with Crippen molar-refractivity contribution in [3.05, 3.63) is 12.3 Å². The average molecular weight is 674 g/mol. The average Bonchev–Trinajstić information content (AvgIpc) is 3.05. The summed E-state index contributed by atoms with van der Waals surface area (Å²) in [5.41, 5.74) is 0. The smallest absolute Gasteiger partial charge is 0.407 e. The third kappa shape index (κ3) is 24.4. The summed E-state index contributed by atoms with van der Waals surface area (Å²) in [6.45, 7) is 9.39. The van der Waals surface area contributed by atoms with Gasteiger partial charge in [-0.2, -0.15) is 0 Å². The molecule has 0 bridgehead atoms. The van der Waals surface area contributed by atoms with Gasteiger partial charge in [0.2, 0.25) is 0 Å². The summed E-state index contributed by atoms with van der Waals surface area (Å²) in [6, 6.07) is -0.258. The van der Waals surface area contributed by atoms with Gasteiger partial charge in [-0.15, -0.1) is 0 Å². The van der Waals surface area contributed by atoms with Gasteiger partial charge in [-0.3, -0.25) is 0 Å². The molecule has 1 saturated heterocycles. The number of hydrogen-bond acceptors (Lipinski definition) is 10. The standard InChI is InChI=1S/C32H59N5O10/c1-27(2)47-26-43-22-24-45-31(40)35-17-11-5-4-6-12-19-36-32(41)46-25-28-15-9-14-20-37(28)29(38)33-16-10-7-8-13-18-34-30(39)44-23-21-42-3/h28H,1,4-26H2,2-3H3,(H,33,38)(H,34,39)(H,35,40)(H,36,41). The zero-order valence-electron chi connectivity index (χ0n) is 28.6. The summed E-state index contributed by atoms with van der Waals surface area (Å²) < 4.78 is 30.4. The molecule has 1 fully saturated rings. The maximum absolute atomic E-state index is 12.8. The van der Waals surface area contributed by atoms with E-state index in [2.05, 4.69) is 27.8 Å². The Morgan fingerprint density at radius 1 is 0.660 bits per heavy atom.